The first-order valence-electron chi connectivity index (χ1n) is 7.03. The van der Waals surface area contributed by atoms with Crippen molar-refractivity contribution >= 4 is 21.6 Å². The van der Waals surface area contributed by atoms with Gasteiger partial charge in [0, 0.05) is 30.1 Å². The summed E-state index contributed by atoms with van der Waals surface area (Å²) in [6.45, 7) is 8.75. The van der Waals surface area contributed by atoms with E-state index >= 15 is 0 Å². The Labute approximate surface area is 123 Å². The molecule has 0 radical (unpaired) electrons. The normalized spacial score (nSPS) is 19.4. The maximum atomic E-state index is 13.3. The van der Waals surface area contributed by atoms with E-state index in [1.165, 1.54) is 12.1 Å². The van der Waals surface area contributed by atoms with Crippen LogP contribution in [-0.2, 0) is 5.33 Å². The Hall–Kier alpha value is -0.610. The number of hydrogen-bond acceptors (Lipinski definition) is 2. The van der Waals surface area contributed by atoms with E-state index < -0.39 is 0 Å². The molecule has 1 fully saturated rings. The van der Waals surface area contributed by atoms with Crippen LogP contribution in [0.25, 0.3) is 0 Å². The third kappa shape index (κ3) is 3.29. The number of benzene rings is 1. The maximum absolute atomic E-state index is 13.3. The Balaban J connectivity index is 2.12. The summed E-state index contributed by atoms with van der Waals surface area (Å²) in [6, 6.07) is 5.74. The third-order valence-corrected chi connectivity index (χ3v) is 4.62. The quantitative estimate of drug-likeness (QED) is 0.761. The lowest BCUT2D eigenvalue weighted by Gasteiger charge is -2.27. The number of likely N-dealkylation sites (N-methyl/N-ethyl adjacent to an activating group) is 1. The van der Waals surface area contributed by atoms with E-state index in [0.29, 0.717) is 11.4 Å². The van der Waals surface area contributed by atoms with Crippen molar-refractivity contribution in [3.63, 3.8) is 0 Å². The second-order valence-corrected chi connectivity index (χ2v) is 5.58. The van der Waals surface area contributed by atoms with Gasteiger partial charge in [0.2, 0.25) is 0 Å². The molecule has 1 atom stereocenters. The zero-order valence-electron chi connectivity index (χ0n) is 11.7. The highest BCUT2D eigenvalue weighted by atomic mass is 79.9. The molecule has 2 rings (SSSR count). The van der Waals surface area contributed by atoms with Crippen LogP contribution < -0.4 is 4.90 Å². The standard InChI is InChI=1S/C15H22BrFN2/c1-3-18(4-2)14-7-8-19(11-14)15-6-5-13(17)9-12(15)10-16/h5-6,9,14H,3-4,7-8,10-11H2,1-2H3. The summed E-state index contributed by atoms with van der Waals surface area (Å²) in [5.74, 6) is -0.155. The zero-order chi connectivity index (χ0) is 13.8. The highest BCUT2D eigenvalue weighted by Gasteiger charge is 2.27. The monoisotopic (exact) mass is 328 g/mol. The first-order chi connectivity index (χ1) is 9.19. The highest BCUT2D eigenvalue weighted by molar-refractivity contribution is 9.08. The molecule has 0 amide bonds. The lowest BCUT2D eigenvalue weighted by Crippen LogP contribution is -2.37. The van der Waals surface area contributed by atoms with Gasteiger partial charge in [0.1, 0.15) is 5.82 Å². The third-order valence-electron chi connectivity index (χ3n) is 4.02. The molecule has 0 saturated carbocycles. The van der Waals surface area contributed by atoms with Crippen LogP contribution >= 0.6 is 15.9 Å². The van der Waals surface area contributed by atoms with Crippen molar-refractivity contribution in [3.05, 3.63) is 29.6 Å². The van der Waals surface area contributed by atoms with E-state index in [9.17, 15) is 4.39 Å². The van der Waals surface area contributed by atoms with Gasteiger partial charge in [-0.1, -0.05) is 29.8 Å². The summed E-state index contributed by atoms with van der Waals surface area (Å²) in [6.07, 6.45) is 1.20. The van der Waals surface area contributed by atoms with Crippen LogP contribution in [0.2, 0.25) is 0 Å². The molecule has 0 aromatic heterocycles. The van der Waals surface area contributed by atoms with Crippen molar-refractivity contribution in [3.8, 4) is 0 Å². The summed E-state index contributed by atoms with van der Waals surface area (Å²) in [5, 5.41) is 0.701. The molecule has 1 unspecified atom stereocenters. The predicted molar refractivity (Wildman–Crippen MR) is 82.6 cm³/mol. The van der Waals surface area contributed by atoms with Gasteiger partial charge in [0.05, 0.1) is 0 Å². The zero-order valence-corrected chi connectivity index (χ0v) is 13.3. The lowest BCUT2D eigenvalue weighted by atomic mass is 10.2. The van der Waals surface area contributed by atoms with E-state index in [0.717, 1.165) is 31.7 Å². The predicted octanol–water partition coefficient (Wildman–Crippen LogP) is 3.64. The minimum Gasteiger partial charge on any atom is -0.370 e. The Kier molecular flexibility index (Phi) is 5.22. The van der Waals surface area contributed by atoms with Crippen LogP contribution in [0.15, 0.2) is 18.2 Å². The molecular weight excluding hydrogens is 307 g/mol. The molecule has 2 nitrogen and oxygen atoms in total. The molecule has 1 heterocycles. The second kappa shape index (κ2) is 6.71. The molecule has 106 valence electrons. The second-order valence-electron chi connectivity index (χ2n) is 5.02. The maximum Gasteiger partial charge on any atom is 0.123 e. The average molecular weight is 329 g/mol. The number of rotatable bonds is 5. The van der Waals surface area contributed by atoms with Crippen LogP contribution in [-0.4, -0.2) is 37.1 Å². The van der Waals surface area contributed by atoms with E-state index in [-0.39, 0.29) is 5.82 Å². The van der Waals surface area contributed by atoms with Crippen molar-refractivity contribution in [2.45, 2.75) is 31.6 Å². The molecule has 1 aromatic rings. The van der Waals surface area contributed by atoms with Gasteiger partial charge in [-0.3, -0.25) is 4.90 Å². The summed E-state index contributed by atoms with van der Waals surface area (Å²) < 4.78 is 13.3. The highest BCUT2D eigenvalue weighted by Crippen LogP contribution is 2.28. The largest absolute Gasteiger partial charge is 0.370 e. The van der Waals surface area contributed by atoms with Gasteiger partial charge in [0.25, 0.3) is 0 Å². The van der Waals surface area contributed by atoms with E-state index in [4.69, 9.17) is 0 Å². The van der Waals surface area contributed by atoms with Crippen molar-refractivity contribution in [1.82, 2.24) is 4.90 Å². The van der Waals surface area contributed by atoms with E-state index in [2.05, 4.69) is 39.6 Å². The number of anilines is 1. The first kappa shape index (κ1) is 14.8. The Morgan fingerprint density at radius 1 is 1.37 bits per heavy atom. The fraction of sp³-hybridized carbons (Fsp3) is 0.600. The van der Waals surface area contributed by atoms with Gasteiger partial charge in [-0.15, -0.1) is 0 Å². The lowest BCUT2D eigenvalue weighted by molar-refractivity contribution is 0.232. The summed E-state index contributed by atoms with van der Waals surface area (Å²) in [4.78, 5) is 4.90. The topological polar surface area (TPSA) is 6.48 Å². The fourth-order valence-corrected chi connectivity index (χ4v) is 3.42. The molecule has 0 bridgehead atoms. The van der Waals surface area contributed by atoms with Gasteiger partial charge in [-0.05, 0) is 43.3 Å². The Morgan fingerprint density at radius 3 is 2.74 bits per heavy atom. The minimum absolute atomic E-state index is 0.155. The molecule has 1 aromatic carbocycles. The fourth-order valence-electron chi connectivity index (χ4n) is 2.97. The van der Waals surface area contributed by atoms with Crippen LogP contribution in [0.4, 0.5) is 10.1 Å². The summed E-state index contributed by atoms with van der Waals surface area (Å²) >= 11 is 3.46. The molecule has 0 spiro atoms. The van der Waals surface area contributed by atoms with Crippen LogP contribution in [0.5, 0.6) is 0 Å². The molecule has 19 heavy (non-hydrogen) atoms. The number of alkyl halides is 1. The number of hydrogen-bond donors (Lipinski definition) is 0. The average Bonchev–Trinajstić information content (AvgIpc) is 2.89. The number of halogens is 2. The molecule has 1 aliphatic rings. The smallest absolute Gasteiger partial charge is 0.123 e. The van der Waals surface area contributed by atoms with Crippen molar-refractivity contribution < 1.29 is 4.39 Å². The molecule has 4 heteroatoms. The first-order valence-corrected chi connectivity index (χ1v) is 8.15. The molecule has 0 N–H and O–H groups in total. The molecule has 1 aliphatic heterocycles. The summed E-state index contributed by atoms with van der Waals surface area (Å²) in [5.41, 5.74) is 2.22. The van der Waals surface area contributed by atoms with Crippen LogP contribution in [0, 0.1) is 5.82 Å². The molecular formula is C15H22BrFN2. The SMILES string of the molecule is CCN(CC)C1CCN(c2ccc(F)cc2CBr)C1. The van der Waals surface area contributed by atoms with Crippen LogP contribution in [0.3, 0.4) is 0 Å². The molecule has 0 aliphatic carbocycles. The Bertz CT molecular complexity index is 421. The van der Waals surface area contributed by atoms with Crippen molar-refractivity contribution in [2.75, 3.05) is 31.1 Å². The minimum atomic E-state index is -0.155. The van der Waals surface area contributed by atoms with E-state index in [1.54, 1.807) is 12.1 Å². The van der Waals surface area contributed by atoms with Gasteiger partial charge >= 0.3 is 0 Å². The van der Waals surface area contributed by atoms with Crippen molar-refractivity contribution in [1.29, 1.82) is 0 Å². The van der Waals surface area contributed by atoms with Crippen LogP contribution in [0.1, 0.15) is 25.8 Å². The van der Waals surface area contributed by atoms with E-state index in [1.807, 2.05) is 6.07 Å². The van der Waals surface area contributed by atoms with Crippen molar-refractivity contribution in [2.24, 2.45) is 0 Å². The molecule has 1 saturated heterocycles. The van der Waals surface area contributed by atoms with Gasteiger partial charge in [0.15, 0.2) is 0 Å². The van der Waals surface area contributed by atoms with Gasteiger partial charge in [-0.2, -0.15) is 0 Å². The summed E-state index contributed by atoms with van der Waals surface area (Å²) in [7, 11) is 0. The number of nitrogens with zero attached hydrogens (tertiary/aromatic N) is 2. The Morgan fingerprint density at radius 2 is 2.11 bits per heavy atom. The van der Waals surface area contributed by atoms with Gasteiger partial charge in [-0.25, -0.2) is 4.39 Å². The van der Waals surface area contributed by atoms with Gasteiger partial charge < -0.3 is 4.90 Å².